The van der Waals surface area contributed by atoms with E-state index < -0.39 is 35.7 Å². The van der Waals surface area contributed by atoms with Gasteiger partial charge in [0.25, 0.3) is 17.7 Å². The lowest BCUT2D eigenvalue weighted by Gasteiger charge is -2.25. The Kier molecular flexibility index (Phi) is 9.63. The number of aryl methyl sites for hydroxylation is 2. The van der Waals surface area contributed by atoms with Crippen molar-refractivity contribution in [2.75, 3.05) is 0 Å². The van der Waals surface area contributed by atoms with Crippen LogP contribution in [0.4, 0.5) is 0 Å². The first kappa shape index (κ1) is 30.3. The molecule has 0 saturated heterocycles. The first-order valence-electron chi connectivity index (χ1n) is 12.7. The summed E-state index contributed by atoms with van der Waals surface area (Å²) >= 11 is 2.66. The van der Waals surface area contributed by atoms with E-state index in [0.29, 0.717) is 38.6 Å². The maximum absolute atomic E-state index is 13.6. The summed E-state index contributed by atoms with van der Waals surface area (Å²) in [7, 11) is 0. The van der Waals surface area contributed by atoms with Crippen LogP contribution in [0.2, 0.25) is 0 Å². The van der Waals surface area contributed by atoms with Crippen LogP contribution in [-0.2, 0) is 11.3 Å². The van der Waals surface area contributed by atoms with Gasteiger partial charge in [-0.05, 0) is 84.6 Å². The molecule has 0 saturated carbocycles. The number of nitrogens with zero attached hydrogens (tertiary/aromatic N) is 1. The third-order valence-electron chi connectivity index (χ3n) is 6.20. The summed E-state index contributed by atoms with van der Waals surface area (Å²) < 4.78 is 5.41. The Labute approximate surface area is 249 Å². The molecule has 0 unspecified atom stereocenters. The second kappa shape index (κ2) is 13.3. The van der Waals surface area contributed by atoms with E-state index in [0.717, 1.165) is 0 Å². The molecular weight excluding hydrogens is 578 g/mol. The molecule has 216 valence electrons. The molecule has 0 bridgehead atoms. The van der Waals surface area contributed by atoms with E-state index >= 15 is 0 Å². The maximum Gasteiger partial charge on any atom is 0.344 e. The number of carbonyl (C=O) groups excluding carboxylic acids is 4. The van der Waals surface area contributed by atoms with Crippen molar-refractivity contribution in [3.05, 3.63) is 109 Å². The van der Waals surface area contributed by atoms with Gasteiger partial charge in [-0.1, -0.05) is 12.1 Å². The summed E-state index contributed by atoms with van der Waals surface area (Å²) in [5, 5.41) is 19.6. The highest BCUT2D eigenvalue weighted by Gasteiger charge is 2.30. The van der Waals surface area contributed by atoms with E-state index in [-0.39, 0.29) is 17.7 Å². The number of imide groups is 1. The first-order valence-corrected chi connectivity index (χ1v) is 14.6. The minimum absolute atomic E-state index is 0.154. The standard InChI is InChI=1S/C30H27N3O7S2/c1-17-11-23(26(34)31-14-20-5-4-6-24(13-20)40-30(39)22-8-10-42-16-22)12-18(2)25(17)28(36)33(32-19(3)29(37)38)27(35)21-7-9-41-15-21/h4-13,15-16,19,32H,14H2,1-3H3,(H,31,34)(H,37,38)/t19-/m0/s1. The summed E-state index contributed by atoms with van der Waals surface area (Å²) in [4.78, 5) is 63.4. The number of rotatable bonds is 10. The summed E-state index contributed by atoms with van der Waals surface area (Å²) in [5.41, 5.74) is 5.21. The lowest BCUT2D eigenvalue weighted by atomic mass is 9.97. The van der Waals surface area contributed by atoms with Gasteiger partial charge in [-0.15, -0.1) is 0 Å². The predicted octanol–water partition coefficient (Wildman–Crippen LogP) is 4.84. The van der Waals surface area contributed by atoms with Gasteiger partial charge in [0.1, 0.15) is 11.8 Å². The molecule has 3 amide bonds. The van der Waals surface area contributed by atoms with Crippen LogP contribution in [0, 0.1) is 13.8 Å². The zero-order valence-electron chi connectivity index (χ0n) is 22.9. The number of nitrogens with one attached hydrogen (secondary N) is 2. The number of esters is 1. The minimum atomic E-state index is -1.24. The molecular formula is C30H27N3O7S2. The highest BCUT2D eigenvalue weighted by molar-refractivity contribution is 7.08. The average Bonchev–Trinajstić information content (AvgIpc) is 3.69. The summed E-state index contributed by atoms with van der Waals surface area (Å²) in [6.07, 6.45) is 0. The van der Waals surface area contributed by atoms with Crippen molar-refractivity contribution < 1.29 is 33.8 Å². The second-order valence-corrected chi connectivity index (χ2v) is 10.9. The molecule has 3 N–H and O–H groups in total. The molecule has 2 heterocycles. The van der Waals surface area contributed by atoms with Crippen LogP contribution in [-0.4, -0.2) is 45.8 Å². The van der Waals surface area contributed by atoms with Crippen LogP contribution in [0.1, 0.15) is 65.0 Å². The number of amides is 3. The highest BCUT2D eigenvalue weighted by Crippen LogP contribution is 2.21. The van der Waals surface area contributed by atoms with Gasteiger partial charge in [0.2, 0.25) is 0 Å². The largest absolute Gasteiger partial charge is 0.480 e. The van der Waals surface area contributed by atoms with Gasteiger partial charge in [0.15, 0.2) is 0 Å². The van der Waals surface area contributed by atoms with Gasteiger partial charge in [0.05, 0.1) is 11.1 Å². The van der Waals surface area contributed by atoms with Crippen LogP contribution in [0.15, 0.2) is 70.1 Å². The fourth-order valence-corrected chi connectivity index (χ4v) is 5.32. The molecule has 0 aliphatic rings. The van der Waals surface area contributed by atoms with Crippen molar-refractivity contribution in [1.29, 1.82) is 0 Å². The van der Waals surface area contributed by atoms with E-state index in [2.05, 4.69) is 10.7 Å². The number of thiophene rings is 2. The topological polar surface area (TPSA) is 142 Å². The monoisotopic (exact) mass is 605 g/mol. The number of benzene rings is 2. The van der Waals surface area contributed by atoms with Gasteiger partial charge in [0, 0.05) is 28.4 Å². The molecule has 4 aromatic rings. The number of hydrogen-bond donors (Lipinski definition) is 3. The molecule has 1 atom stereocenters. The van der Waals surface area contributed by atoms with Gasteiger partial charge in [-0.25, -0.2) is 15.2 Å². The molecule has 0 aliphatic heterocycles. The van der Waals surface area contributed by atoms with Crippen molar-refractivity contribution in [3.8, 4) is 5.75 Å². The molecule has 2 aromatic carbocycles. The summed E-state index contributed by atoms with van der Waals surface area (Å²) in [5.74, 6) is -3.20. The van der Waals surface area contributed by atoms with Gasteiger partial charge < -0.3 is 15.2 Å². The van der Waals surface area contributed by atoms with Crippen LogP contribution in [0.25, 0.3) is 0 Å². The number of carboxylic acids is 1. The Morgan fingerprint density at radius 2 is 1.52 bits per heavy atom. The number of hydrazine groups is 1. The second-order valence-electron chi connectivity index (χ2n) is 9.36. The molecule has 0 aliphatic carbocycles. The smallest absolute Gasteiger partial charge is 0.344 e. The number of ether oxygens (including phenoxy) is 1. The van der Waals surface area contributed by atoms with Crippen LogP contribution in [0.5, 0.6) is 5.75 Å². The number of aliphatic carboxylic acids is 1. The number of carboxylic acid groups (broad SMARTS) is 1. The average molecular weight is 606 g/mol. The molecule has 42 heavy (non-hydrogen) atoms. The molecule has 4 rings (SSSR count). The van der Waals surface area contributed by atoms with Crippen LogP contribution < -0.4 is 15.5 Å². The maximum atomic E-state index is 13.6. The van der Waals surface area contributed by atoms with Crippen molar-refractivity contribution >= 4 is 52.3 Å². The Morgan fingerprint density at radius 1 is 0.881 bits per heavy atom. The molecule has 0 fully saturated rings. The van der Waals surface area contributed by atoms with Crippen molar-refractivity contribution in [3.63, 3.8) is 0 Å². The van der Waals surface area contributed by atoms with Crippen LogP contribution in [0.3, 0.4) is 0 Å². The highest BCUT2D eigenvalue weighted by atomic mass is 32.1. The number of hydrogen-bond acceptors (Lipinski definition) is 9. The zero-order chi connectivity index (χ0) is 30.4. The summed E-state index contributed by atoms with van der Waals surface area (Å²) in [6.45, 7) is 4.74. The number of carbonyl (C=O) groups is 5. The third-order valence-corrected chi connectivity index (χ3v) is 7.56. The molecule has 0 spiro atoms. The van der Waals surface area contributed by atoms with E-state index in [1.54, 1.807) is 65.7 Å². The van der Waals surface area contributed by atoms with Gasteiger partial charge >= 0.3 is 11.9 Å². The molecule has 12 heteroatoms. The van der Waals surface area contributed by atoms with Crippen molar-refractivity contribution in [1.82, 2.24) is 15.8 Å². The Bertz CT molecular complexity index is 1610. The SMILES string of the molecule is Cc1cc(C(=O)NCc2cccc(OC(=O)c3ccsc3)c2)cc(C)c1C(=O)N(N[C@@H](C)C(=O)O)C(=O)c1ccsc1. The Morgan fingerprint density at radius 3 is 2.12 bits per heavy atom. The minimum Gasteiger partial charge on any atom is -0.480 e. The fourth-order valence-electron chi connectivity index (χ4n) is 4.07. The third kappa shape index (κ3) is 7.16. The Hall–Kier alpha value is -4.65. The lowest BCUT2D eigenvalue weighted by Crippen LogP contribution is -2.53. The van der Waals surface area contributed by atoms with E-state index in [1.807, 2.05) is 0 Å². The predicted molar refractivity (Wildman–Crippen MR) is 158 cm³/mol. The normalized spacial score (nSPS) is 11.4. The van der Waals surface area contributed by atoms with Gasteiger partial charge in [-0.3, -0.25) is 19.2 Å². The van der Waals surface area contributed by atoms with Crippen LogP contribution >= 0.6 is 22.7 Å². The lowest BCUT2D eigenvalue weighted by molar-refractivity contribution is -0.139. The quantitative estimate of drug-likeness (QED) is 0.101. The first-order chi connectivity index (χ1) is 20.0. The van der Waals surface area contributed by atoms with E-state index in [4.69, 9.17) is 4.74 Å². The van der Waals surface area contributed by atoms with Crippen molar-refractivity contribution in [2.24, 2.45) is 0 Å². The Balaban J connectivity index is 1.48. The molecule has 10 nitrogen and oxygen atoms in total. The van der Waals surface area contributed by atoms with Gasteiger partial charge in [-0.2, -0.15) is 22.7 Å². The summed E-state index contributed by atoms with van der Waals surface area (Å²) in [6, 6.07) is 11.9. The molecule has 2 aromatic heterocycles. The van der Waals surface area contributed by atoms with Crippen molar-refractivity contribution in [2.45, 2.75) is 33.4 Å². The van der Waals surface area contributed by atoms with E-state index in [1.165, 1.54) is 47.8 Å². The zero-order valence-corrected chi connectivity index (χ0v) is 24.5. The fraction of sp³-hybridized carbons (Fsp3) is 0.167. The van der Waals surface area contributed by atoms with E-state index in [9.17, 15) is 29.1 Å². The molecule has 0 radical (unpaired) electrons.